The molecule has 0 radical (unpaired) electrons. The predicted octanol–water partition coefficient (Wildman–Crippen LogP) is 22.1. The predicted molar refractivity (Wildman–Crippen MR) is 382 cm³/mol. The summed E-state index contributed by atoms with van der Waals surface area (Å²) in [7, 11) is -9.90. The highest BCUT2D eigenvalue weighted by atomic mass is 31.2. The number of aliphatic hydroxyl groups excluding tert-OH is 1. The molecule has 5 atom stereocenters. The van der Waals surface area contributed by atoms with Gasteiger partial charge in [-0.2, -0.15) is 0 Å². The van der Waals surface area contributed by atoms with Crippen LogP contribution >= 0.6 is 15.6 Å². The van der Waals surface area contributed by atoms with Crippen LogP contribution < -0.4 is 0 Å². The van der Waals surface area contributed by atoms with E-state index in [9.17, 15) is 43.2 Å². The molecule has 0 aromatic heterocycles. The monoisotopic (exact) mass is 1380 g/mol. The van der Waals surface area contributed by atoms with Crippen molar-refractivity contribution in [1.82, 2.24) is 0 Å². The fourth-order valence-corrected chi connectivity index (χ4v) is 13.1. The molecular formula is C75H146O17P2. The number of hydrogen-bond donors (Lipinski definition) is 3. The summed E-state index contributed by atoms with van der Waals surface area (Å²) in [6.07, 6.45) is 56.8. The van der Waals surface area contributed by atoms with Crippen LogP contribution in [-0.2, 0) is 65.4 Å². The van der Waals surface area contributed by atoms with E-state index >= 15 is 0 Å². The first-order valence-corrected chi connectivity index (χ1v) is 42.1. The summed E-state index contributed by atoms with van der Waals surface area (Å²) >= 11 is 0. The SMILES string of the molecule is CCCCCCCCCCCCCCC(=O)OC[C@H](COP(=O)(O)OC[C@@H](O)COP(=O)(O)OC[C@@H](COC(=O)CCCCCCCCCCCC)OC(=O)CCCCCCCCCCCCC)OC(=O)CCCCCCCCCCCCCCCCCCCCC(C)C. The van der Waals surface area contributed by atoms with E-state index in [0.717, 1.165) is 95.8 Å². The number of carbonyl (C=O) groups is 4. The molecule has 0 fully saturated rings. The minimum Gasteiger partial charge on any atom is -0.462 e. The number of esters is 4. The average molecular weight is 1380 g/mol. The molecule has 0 rings (SSSR count). The maximum atomic E-state index is 13.1. The third-order valence-electron chi connectivity index (χ3n) is 17.5. The van der Waals surface area contributed by atoms with Crippen LogP contribution in [0.25, 0.3) is 0 Å². The van der Waals surface area contributed by atoms with Gasteiger partial charge in [-0.15, -0.1) is 0 Å². The van der Waals surface area contributed by atoms with Gasteiger partial charge in [-0.05, 0) is 31.6 Å². The van der Waals surface area contributed by atoms with E-state index in [4.69, 9.17) is 37.0 Å². The lowest BCUT2D eigenvalue weighted by molar-refractivity contribution is -0.161. The lowest BCUT2D eigenvalue weighted by Crippen LogP contribution is -2.30. The zero-order chi connectivity index (χ0) is 69.1. The van der Waals surface area contributed by atoms with E-state index in [2.05, 4.69) is 34.6 Å². The summed E-state index contributed by atoms with van der Waals surface area (Å²) < 4.78 is 68.4. The number of hydrogen-bond acceptors (Lipinski definition) is 15. The van der Waals surface area contributed by atoms with Crippen molar-refractivity contribution in [2.75, 3.05) is 39.6 Å². The van der Waals surface area contributed by atoms with Gasteiger partial charge in [0.05, 0.1) is 26.4 Å². The molecule has 558 valence electrons. The minimum atomic E-state index is -4.95. The van der Waals surface area contributed by atoms with Gasteiger partial charge in [0.15, 0.2) is 12.2 Å². The molecule has 0 bridgehead atoms. The maximum Gasteiger partial charge on any atom is 0.472 e. The normalized spacial score (nSPS) is 14.0. The molecule has 0 saturated carbocycles. The van der Waals surface area contributed by atoms with Crippen LogP contribution in [0, 0.1) is 5.92 Å². The van der Waals surface area contributed by atoms with Crippen molar-refractivity contribution in [2.45, 2.75) is 412 Å². The van der Waals surface area contributed by atoms with Gasteiger partial charge < -0.3 is 33.8 Å². The molecule has 0 saturated heterocycles. The standard InChI is InChI=1S/C75H146O17P2/c1-6-9-12-15-18-21-24-35-39-44-49-54-59-73(78)86-65-71(92-75(80)61-56-51-46-41-36-32-30-28-26-25-27-29-31-34-37-42-47-52-57-68(4)5)67-90-94(83,84)88-63-69(76)62-87-93(81,82)89-66-70(64-85-72(77)58-53-48-43-38-23-20-17-14-11-8-3)91-74(79)60-55-50-45-40-33-22-19-16-13-10-7-2/h68-71,76H,6-67H2,1-5H3,(H,81,82)(H,83,84)/t69-,70+,71+/m0/s1. The number of carbonyl (C=O) groups excluding carboxylic acids is 4. The third-order valence-corrected chi connectivity index (χ3v) is 19.4. The summed E-state index contributed by atoms with van der Waals surface area (Å²) in [6, 6.07) is 0. The molecule has 0 aliphatic heterocycles. The number of unbranched alkanes of at least 4 members (excludes halogenated alkanes) is 47. The summed E-state index contributed by atoms with van der Waals surface area (Å²) in [5.41, 5.74) is 0. The fourth-order valence-electron chi connectivity index (χ4n) is 11.5. The second-order valence-corrected chi connectivity index (χ2v) is 30.4. The molecule has 19 heteroatoms. The van der Waals surface area contributed by atoms with Gasteiger partial charge in [0.25, 0.3) is 0 Å². The number of aliphatic hydroxyl groups is 1. The lowest BCUT2D eigenvalue weighted by Gasteiger charge is -2.21. The maximum absolute atomic E-state index is 13.1. The van der Waals surface area contributed by atoms with Crippen molar-refractivity contribution in [2.24, 2.45) is 5.92 Å². The van der Waals surface area contributed by atoms with Crippen molar-refractivity contribution in [3.05, 3.63) is 0 Å². The van der Waals surface area contributed by atoms with Crippen molar-refractivity contribution in [3.63, 3.8) is 0 Å². The number of ether oxygens (including phenoxy) is 4. The first-order chi connectivity index (χ1) is 45.5. The Labute approximate surface area is 575 Å². The van der Waals surface area contributed by atoms with Gasteiger partial charge in [-0.3, -0.25) is 37.3 Å². The highest BCUT2D eigenvalue weighted by Gasteiger charge is 2.30. The van der Waals surface area contributed by atoms with Gasteiger partial charge in [-0.25, -0.2) is 9.13 Å². The van der Waals surface area contributed by atoms with Crippen LogP contribution in [0.4, 0.5) is 0 Å². The van der Waals surface area contributed by atoms with Crippen molar-refractivity contribution in [1.29, 1.82) is 0 Å². The molecule has 94 heavy (non-hydrogen) atoms. The van der Waals surface area contributed by atoms with Crippen LogP contribution in [0.1, 0.15) is 394 Å². The van der Waals surface area contributed by atoms with Crippen molar-refractivity contribution < 1.29 is 80.2 Å². The van der Waals surface area contributed by atoms with E-state index < -0.39 is 97.5 Å². The molecule has 2 unspecified atom stereocenters. The Bertz CT molecular complexity index is 1810. The molecule has 0 spiro atoms. The minimum absolute atomic E-state index is 0.107. The fraction of sp³-hybridized carbons (Fsp3) is 0.947. The van der Waals surface area contributed by atoms with E-state index in [1.165, 1.54) is 218 Å². The van der Waals surface area contributed by atoms with E-state index in [1.54, 1.807) is 0 Å². The number of rotatable bonds is 75. The topological polar surface area (TPSA) is 237 Å². The Balaban J connectivity index is 5.18. The Morgan fingerprint density at radius 2 is 0.489 bits per heavy atom. The Hall–Kier alpha value is -1.94. The van der Waals surface area contributed by atoms with E-state index in [-0.39, 0.29) is 25.7 Å². The lowest BCUT2D eigenvalue weighted by atomic mass is 10.0. The van der Waals surface area contributed by atoms with Gasteiger partial charge in [-0.1, -0.05) is 343 Å². The molecule has 0 heterocycles. The molecule has 0 aliphatic rings. The molecule has 3 N–H and O–H groups in total. The summed E-state index contributed by atoms with van der Waals surface area (Å²) in [6.45, 7) is 7.31. The first kappa shape index (κ1) is 92.1. The quantitative estimate of drug-likeness (QED) is 0.0222. The zero-order valence-corrected chi connectivity index (χ0v) is 62.9. The van der Waals surface area contributed by atoms with Crippen molar-refractivity contribution in [3.8, 4) is 0 Å². The Morgan fingerprint density at radius 3 is 0.723 bits per heavy atom. The second-order valence-electron chi connectivity index (χ2n) is 27.5. The van der Waals surface area contributed by atoms with Gasteiger partial charge in [0.2, 0.25) is 0 Å². The van der Waals surface area contributed by atoms with E-state index in [0.29, 0.717) is 25.7 Å². The van der Waals surface area contributed by atoms with Crippen LogP contribution in [0.5, 0.6) is 0 Å². The molecular weight excluding hydrogens is 1230 g/mol. The second kappa shape index (κ2) is 68.2. The third kappa shape index (κ3) is 68.6. The molecule has 0 amide bonds. The summed E-state index contributed by atoms with van der Waals surface area (Å²) in [4.78, 5) is 72.7. The van der Waals surface area contributed by atoms with E-state index in [1.807, 2.05) is 0 Å². The molecule has 0 aromatic carbocycles. The summed E-state index contributed by atoms with van der Waals surface area (Å²) in [5, 5.41) is 10.6. The van der Waals surface area contributed by atoms with Crippen molar-refractivity contribution >= 4 is 39.5 Å². The highest BCUT2D eigenvalue weighted by molar-refractivity contribution is 7.47. The zero-order valence-electron chi connectivity index (χ0n) is 61.1. The van der Waals surface area contributed by atoms with Gasteiger partial charge >= 0.3 is 39.5 Å². The smallest absolute Gasteiger partial charge is 0.462 e. The first-order valence-electron chi connectivity index (χ1n) is 39.1. The average Bonchev–Trinajstić information content (AvgIpc) is 3.44. The van der Waals surface area contributed by atoms with Crippen LogP contribution in [0.15, 0.2) is 0 Å². The van der Waals surface area contributed by atoms with Gasteiger partial charge in [0.1, 0.15) is 19.3 Å². The summed E-state index contributed by atoms with van der Waals surface area (Å²) in [5.74, 6) is -1.29. The molecule has 0 aromatic rings. The van der Waals surface area contributed by atoms with Crippen LogP contribution in [0.3, 0.4) is 0 Å². The number of phosphoric acid groups is 2. The largest absolute Gasteiger partial charge is 0.472 e. The van der Waals surface area contributed by atoms with Gasteiger partial charge in [0, 0.05) is 25.7 Å². The molecule has 17 nitrogen and oxygen atoms in total. The van der Waals surface area contributed by atoms with Crippen LogP contribution in [-0.4, -0.2) is 96.7 Å². The van der Waals surface area contributed by atoms with Crippen LogP contribution in [0.2, 0.25) is 0 Å². The highest BCUT2D eigenvalue weighted by Crippen LogP contribution is 2.45. The molecule has 0 aliphatic carbocycles. The Kier molecular flexibility index (Phi) is 66.8. The number of phosphoric ester groups is 2. The Morgan fingerprint density at radius 1 is 0.287 bits per heavy atom.